The van der Waals surface area contributed by atoms with E-state index in [4.69, 9.17) is 16.1 Å². The van der Waals surface area contributed by atoms with Crippen molar-refractivity contribution in [2.45, 2.75) is 25.2 Å². The number of aryl methyl sites for hydroxylation is 1. The minimum absolute atomic E-state index is 0.300. The van der Waals surface area contributed by atoms with Crippen molar-refractivity contribution in [3.63, 3.8) is 0 Å². The Balaban J connectivity index is 1.24. The second-order valence-corrected chi connectivity index (χ2v) is 10.1. The molecule has 39 heavy (non-hydrogen) atoms. The number of nitrogens with zero attached hydrogens (tertiary/aromatic N) is 2. The van der Waals surface area contributed by atoms with Crippen molar-refractivity contribution in [3.05, 3.63) is 107 Å². The summed E-state index contributed by atoms with van der Waals surface area (Å²) in [6, 6.07) is 25.3. The summed E-state index contributed by atoms with van der Waals surface area (Å²) in [5.41, 5.74) is 5.45. The van der Waals surface area contributed by atoms with Gasteiger partial charge in [0.05, 0.1) is 11.1 Å². The molecule has 5 aromatic rings. The molecule has 1 saturated carbocycles. The van der Waals surface area contributed by atoms with Gasteiger partial charge in [0.2, 0.25) is 0 Å². The van der Waals surface area contributed by atoms with Gasteiger partial charge in [-0.15, -0.1) is 0 Å². The molecular formula is C31H23ClFN3O3. The maximum atomic E-state index is 13.9. The number of aromatic nitrogens is 2. The van der Waals surface area contributed by atoms with E-state index in [9.17, 15) is 14.3 Å². The summed E-state index contributed by atoms with van der Waals surface area (Å²) in [4.78, 5) is 16.2. The zero-order valence-electron chi connectivity index (χ0n) is 20.9. The topological polar surface area (TPSA) is 88.2 Å². The molecule has 1 fully saturated rings. The minimum Gasteiger partial charge on any atom is -0.481 e. The highest BCUT2D eigenvalue weighted by atomic mass is 35.5. The van der Waals surface area contributed by atoms with Gasteiger partial charge in [-0.05, 0) is 66.8 Å². The Hall–Kier alpha value is -4.49. The molecule has 0 aliphatic heterocycles. The third-order valence-corrected chi connectivity index (χ3v) is 7.32. The SMILES string of the molecule is Cc1noc(-c2ccc(-c3ccc(C4(C(=O)O)CC4)cc3)cc2)c1Nc1cccc(-c2cc(F)cc(Cl)c2)n1. The number of carbonyl (C=O) groups is 1. The van der Waals surface area contributed by atoms with Gasteiger partial charge in [0.15, 0.2) is 5.76 Å². The van der Waals surface area contributed by atoms with Crippen LogP contribution in [0.25, 0.3) is 33.7 Å². The van der Waals surface area contributed by atoms with Gasteiger partial charge in [-0.3, -0.25) is 4.79 Å². The van der Waals surface area contributed by atoms with Crippen LogP contribution in [0.15, 0.2) is 89.5 Å². The molecule has 0 spiro atoms. The van der Waals surface area contributed by atoms with Crippen molar-refractivity contribution in [3.8, 4) is 33.7 Å². The number of anilines is 2. The van der Waals surface area contributed by atoms with E-state index in [1.165, 1.54) is 12.1 Å². The van der Waals surface area contributed by atoms with Crippen molar-refractivity contribution in [2.75, 3.05) is 5.32 Å². The van der Waals surface area contributed by atoms with Crippen LogP contribution in [-0.4, -0.2) is 21.2 Å². The zero-order valence-corrected chi connectivity index (χ0v) is 21.7. The summed E-state index contributed by atoms with van der Waals surface area (Å²) < 4.78 is 19.5. The molecule has 194 valence electrons. The van der Waals surface area contributed by atoms with E-state index in [0.717, 1.165) is 22.3 Å². The van der Waals surface area contributed by atoms with Crippen LogP contribution < -0.4 is 5.32 Å². The Morgan fingerprint density at radius 3 is 2.26 bits per heavy atom. The fourth-order valence-electron chi connectivity index (χ4n) is 4.76. The molecule has 6 rings (SSSR count). The number of hydrogen-bond donors (Lipinski definition) is 2. The average Bonchev–Trinajstić information content (AvgIpc) is 3.68. The number of carboxylic acid groups (broad SMARTS) is 1. The Morgan fingerprint density at radius 2 is 1.62 bits per heavy atom. The molecule has 3 aromatic carbocycles. The molecule has 0 radical (unpaired) electrons. The molecule has 1 aliphatic rings. The van der Waals surface area contributed by atoms with Crippen LogP contribution in [0.4, 0.5) is 15.9 Å². The van der Waals surface area contributed by atoms with Crippen LogP contribution in [-0.2, 0) is 10.2 Å². The first-order chi connectivity index (χ1) is 18.8. The number of hydrogen-bond acceptors (Lipinski definition) is 5. The summed E-state index contributed by atoms with van der Waals surface area (Å²) in [6.45, 7) is 1.84. The lowest BCUT2D eigenvalue weighted by atomic mass is 9.93. The summed E-state index contributed by atoms with van der Waals surface area (Å²) >= 11 is 6.03. The predicted octanol–water partition coefficient (Wildman–Crippen LogP) is 8.03. The summed E-state index contributed by atoms with van der Waals surface area (Å²) in [5, 5.41) is 17.3. The van der Waals surface area contributed by atoms with Gasteiger partial charge >= 0.3 is 5.97 Å². The van der Waals surface area contributed by atoms with Crippen molar-refractivity contribution in [1.82, 2.24) is 10.1 Å². The van der Waals surface area contributed by atoms with Crippen LogP contribution in [0.2, 0.25) is 5.02 Å². The average molecular weight is 540 g/mol. The summed E-state index contributed by atoms with van der Waals surface area (Å²) in [6.07, 6.45) is 1.37. The second-order valence-electron chi connectivity index (χ2n) is 9.71. The maximum Gasteiger partial charge on any atom is 0.314 e. The second kappa shape index (κ2) is 9.67. The van der Waals surface area contributed by atoms with Gasteiger partial charge in [-0.25, -0.2) is 9.37 Å². The third kappa shape index (κ3) is 4.77. The number of pyridine rings is 1. The van der Waals surface area contributed by atoms with Crippen molar-refractivity contribution in [2.24, 2.45) is 0 Å². The molecule has 0 atom stereocenters. The van der Waals surface area contributed by atoms with Crippen LogP contribution >= 0.6 is 11.6 Å². The van der Waals surface area contributed by atoms with E-state index in [-0.39, 0.29) is 0 Å². The molecule has 2 heterocycles. The molecular weight excluding hydrogens is 517 g/mol. The van der Waals surface area contributed by atoms with Gasteiger partial charge in [0.1, 0.15) is 23.0 Å². The van der Waals surface area contributed by atoms with Gasteiger partial charge in [-0.2, -0.15) is 0 Å². The van der Waals surface area contributed by atoms with E-state index in [2.05, 4.69) is 15.5 Å². The molecule has 0 unspecified atom stereocenters. The zero-order chi connectivity index (χ0) is 27.1. The maximum absolute atomic E-state index is 13.9. The number of rotatable bonds is 7. The largest absolute Gasteiger partial charge is 0.481 e. The van der Waals surface area contributed by atoms with Crippen molar-refractivity contribution >= 4 is 29.1 Å². The molecule has 0 saturated heterocycles. The van der Waals surface area contributed by atoms with Gasteiger partial charge < -0.3 is 14.9 Å². The molecule has 8 heteroatoms. The first-order valence-corrected chi connectivity index (χ1v) is 12.8. The Kier molecular flexibility index (Phi) is 6.16. The van der Waals surface area contributed by atoms with Crippen LogP contribution in [0.5, 0.6) is 0 Å². The van der Waals surface area contributed by atoms with Crippen molar-refractivity contribution in [1.29, 1.82) is 0 Å². The van der Waals surface area contributed by atoms with Crippen molar-refractivity contribution < 1.29 is 18.8 Å². The first kappa shape index (κ1) is 24.8. The molecule has 2 N–H and O–H groups in total. The van der Waals surface area contributed by atoms with E-state index >= 15 is 0 Å². The third-order valence-electron chi connectivity index (χ3n) is 7.10. The number of halogens is 2. The first-order valence-electron chi connectivity index (χ1n) is 12.4. The molecule has 0 bridgehead atoms. The van der Waals surface area contributed by atoms with Crippen LogP contribution in [0, 0.1) is 12.7 Å². The number of carboxylic acids is 1. The monoisotopic (exact) mass is 539 g/mol. The highest BCUT2D eigenvalue weighted by Crippen LogP contribution is 2.48. The Morgan fingerprint density at radius 1 is 0.949 bits per heavy atom. The lowest BCUT2D eigenvalue weighted by Crippen LogP contribution is -2.19. The summed E-state index contributed by atoms with van der Waals surface area (Å²) in [5.74, 6) is -0.0764. The Labute approximate surface area is 229 Å². The standard InChI is InChI=1S/C31H23ClFN3O3/c1-18-28(35-27-4-2-3-26(34-27)22-15-24(32)17-25(33)16-22)29(39-36-18)21-7-5-19(6-8-21)20-9-11-23(12-10-20)31(13-14-31)30(37)38/h2-12,15-17H,13-14H2,1H3,(H,34,35)(H,37,38). The van der Waals surface area contributed by atoms with Crippen LogP contribution in [0.3, 0.4) is 0 Å². The lowest BCUT2D eigenvalue weighted by molar-refractivity contribution is -0.140. The quantitative estimate of drug-likeness (QED) is 0.218. The van der Waals surface area contributed by atoms with E-state index in [1.54, 1.807) is 12.1 Å². The molecule has 0 amide bonds. The lowest BCUT2D eigenvalue weighted by Gasteiger charge is -2.11. The number of benzene rings is 3. The van der Waals surface area contributed by atoms with E-state index in [1.807, 2.05) is 67.6 Å². The fraction of sp³-hybridized carbons (Fsp3) is 0.129. The summed E-state index contributed by atoms with van der Waals surface area (Å²) in [7, 11) is 0. The molecule has 2 aromatic heterocycles. The van der Waals surface area contributed by atoms with Gasteiger partial charge in [-0.1, -0.05) is 71.4 Å². The van der Waals surface area contributed by atoms with Crippen LogP contribution in [0.1, 0.15) is 24.1 Å². The highest BCUT2D eigenvalue weighted by molar-refractivity contribution is 6.30. The number of nitrogens with one attached hydrogen (secondary N) is 1. The fourth-order valence-corrected chi connectivity index (χ4v) is 4.98. The van der Waals surface area contributed by atoms with Gasteiger partial charge in [0, 0.05) is 16.1 Å². The van der Waals surface area contributed by atoms with Gasteiger partial charge in [0.25, 0.3) is 0 Å². The molecule has 6 nitrogen and oxygen atoms in total. The predicted molar refractivity (Wildman–Crippen MR) is 149 cm³/mol. The van der Waals surface area contributed by atoms with E-state index < -0.39 is 17.2 Å². The Bertz CT molecular complexity index is 1670. The normalized spacial score (nSPS) is 13.7. The highest BCUT2D eigenvalue weighted by Gasteiger charge is 2.51. The minimum atomic E-state index is -0.758. The number of aliphatic carboxylic acids is 1. The van der Waals surface area contributed by atoms with E-state index in [0.29, 0.717) is 52.1 Å². The smallest absolute Gasteiger partial charge is 0.314 e. The molecule has 1 aliphatic carbocycles.